The van der Waals surface area contributed by atoms with E-state index in [0.29, 0.717) is 37.1 Å². The monoisotopic (exact) mass is 365 g/mol. The van der Waals surface area contributed by atoms with Crippen molar-refractivity contribution in [3.63, 3.8) is 0 Å². The number of carbonyl (C=O) groups is 3. The lowest BCUT2D eigenvalue weighted by Gasteiger charge is -2.32. The number of rotatable bonds is 4. The number of likely N-dealkylation sites (tertiary alicyclic amines) is 1. The fourth-order valence-electron chi connectivity index (χ4n) is 3.17. The SMILES string of the molecule is CS(=O)(=O)NC1CCN(C(=O)CN2C(=O)c3ccccc3C2=O)CC1. The van der Waals surface area contributed by atoms with Gasteiger partial charge in [0.15, 0.2) is 0 Å². The number of imide groups is 1. The average Bonchev–Trinajstić information content (AvgIpc) is 2.79. The van der Waals surface area contributed by atoms with Crippen LogP contribution in [0.4, 0.5) is 0 Å². The summed E-state index contributed by atoms with van der Waals surface area (Å²) in [6.45, 7) is 0.473. The first kappa shape index (κ1) is 17.6. The Balaban J connectivity index is 1.59. The second-order valence-corrected chi connectivity index (χ2v) is 8.07. The Kier molecular flexibility index (Phi) is 4.61. The van der Waals surface area contributed by atoms with Crippen LogP contribution in [0.3, 0.4) is 0 Å². The molecule has 134 valence electrons. The van der Waals surface area contributed by atoms with E-state index in [9.17, 15) is 22.8 Å². The lowest BCUT2D eigenvalue weighted by Crippen LogP contribution is -2.49. The molecule has 1 N–H and O–H groups in total. The van der Waals surface area contributed by atoms with Gasteiger partial charge in [-0.05, 0) is 25.0 Å². The first-order valence-electron chi connectivity index (χ1n) is 7.96. The molecular weight excluding hydrogens is 346 g/mol. The molecule has 1 aromatic carbocycles. The van der Waals surface area contributed by atoms with Crippen molar-refractivity contribution in [1.82, 2.24) is 14.5 Å². The van der Waals surface area contributed by atoms with Crippen LogP contribution in [-0.4, -0.2) is 67.9 Å². The van der Waals surface area contributed by atoms with Gasteiger partial charge < -0.3 is 4.90 Å². The molecule has 1 aromatic rings. The van der Waals surface area contributed by atoms with Gasteiger partial charge in [0.2, 0.25) is 15.9 Å². The molecule has 0 saturated carbocycles. The minimum atomic E-state index is -3.28. The van der Waals surface area contributed by atoms with E-state index in [-0.39, 0.29) is 18.5 Å². The largest absolute Gasteiger partial charge is 0.341 e. The Morgan fingerprint density at radius 3 is 2.12 bits per heavy atom. The summed E-state index contributed by atoms with van der Waals surface area (Å²) in [5, 5.41) is 0. The Labute approximate surface area is 145 Å². The molecular formula is C16H19N3O5S. The second-order valence-electron chi connectivity index (χ2n) is 6.29. The summed E-state index contributed by atoms with van der Waals surface area (Å²) in [4.78, 5) is 39.5. The maximum atomic E-state index is 12.4. The maximum Gasteiger partial charge on any atom is 0.262 e. The summed E-state index contributed by atoms with van der Waals surface area (Å²) in [7, 11) is -3.28. The quantitative estimate of drug-likeness (QED) is 0.746. The first-order valence-corrected chi connectivity index (χ1v) is 9.86. The number of sulfonamides is 1. The minimum Gasteiger partial charge on any atom is -0.341 e. The summed E-state index contributed by atoms with van der Waals surface area (Å²) >= 11 is 0. The molecule has 9 heteroatoms. The van der Waals surface area contributed by atoms with Crippen molar-refractivity contribution in [2.24, 2.45) is 0 Å². The Morgan fingerprint density at radius 2 is 1.64 bits per heavy atom. The van der Waals surface area contributed by atoms with E-state index in [0.717, 1.165) is 11.2 Å². The predicted octanol–water partition coefficient (Wildman–Crippen LogP) is -0.177. The molecule has 3 rings (SSSR count). The zero-order valence-electron chi connectivity index (χ0n) is 13.8. The van der Waals surface area contributed by atoms with Crippen molar-refractivity contribution in [3.05, 3.63) is 35.4 Å². The summed E-state index contributed by atoms with van der Waals surface area (Å²) in [5.41, 5.74) is 0.632. The number of hydrogen-bond acceptors (Lipinski definition) is 5. The summed E-state index contributed by atoms with van der Waals surface area (Å²) in [6, 6.07) is 6.30. The maximum absolute atomic E-state index is 12.4. The highest BCUT2D eigenvalue weighted by Crippen LogP contribution is 2.22. The minimum absolute atomic E-state index is 0.196. The Hall–Kier alpha value is -2.26. The number of piperidine rings is 1. The van der Waals surface area contributed by atoms with Crippen LogP contribution in [-0.2, 0) is 14.8 Å². The molecule has 0 atom stereocenters. The van der Waals surface area contributed by atoms with Gasteiger partial charge in [-0.25, -0.2) is 13.1 Å². The van der Waals surface area contributed by atoms with Crippen molar-refractivity contribution in [1.29, 1.82) is 0 Å². The standard InChI is InChI=1S/C16H19N3O5S/c1-25(23,24)17-11-6-8-18(9-7-11)14(20)10-19-15(21)12-4-2-3-5-13(12)16(19)22/h2-5,11,17H,6-10H2,1H3. The zero-order chi connectivity index (χ0) is 18.2. The number of nitrogens with one attached hydrogen (secondary N) is 1. The van der Waals surface area contributed by atoms with Gasteiger partial charge in [-0.2, -0.15) is 0 Å². The Morgan fingerprint density at radius 1 is 1.12 bits per heavy atom. The van der Waals surface area contributed by atoms with E-state index in [1.54, 1.807) is 29.2 Å². The highest BCUT2D eigenvalue weighted by molar-refractivity contribution is 7.88. The number of nitrogens with zero attached hydrogens (tertiary/aromatic N) is 2. The Bertz CT molecular complexity index is 793. The molecule has 2 heterocycles. The van der Waals surface area contributed by atoms with Crippen LogP contribution in [0.25, 0.3) is 0 Å². The van der Waals surface area contributed by atoms with Crippen LogP contribution in [0.2, 0.25) is 0 Å². The van der Waals surface area contributed by atoms with Crippen LogP contribution in [0.15, 0.2) is 24.3 Å². The van der Waals surface area contributed by atoms with Gasteiger partial charge in [0.05, 0.1) is 17.4 Å². The van der Waals surface area contributed by atoms with Crippen molar-refractivity contribution < 1.29 is 22.8 Å². The van der Waals surface area contributed by atoms with Gasteiger partial charge in [0.1, 0.15) is 6.54 Å². The first-order chi connectivity index (χ1) is 11.8. The summed E-state index contributed by atoms with van der Waals surface area (Å²) in [6.07, 6.45) is 2.11. The van der Waals surface area contributed by atoms with E-state index < -0.39 is 21.8 Å². The zero-order valence-corrected chi connectivity index (χ0v) is 14.6. The average molecular weight is 365 g/mol. The van der Waals surface area contributed by atoms with Crippen LogP contribution in [0, 0.1) is 0 Å². The molecule has 0 spiro atoms. The van der Waals surface area contributed by atoms with Gasteiger partial charge in [0.25, 0.3) is 11.8 Å². The normalized spacial score (nSPS) is 18.6. The van der Waals surface area contributed by atoms with Gasteiger partial charge in [-0.3, -0.25) is 19.3 Å². The third-order valence-corrected chi connectivity index (χ3v) is 5.16. The fraction of sp³-hybridized carbons (Fsp3) is 0.438. The smallest absolute Gasteiger partial charge is 0.262 e. The molecule has 2 aliphatic rings. The number of benzene rings is 1. The van der Waals surface area contributed by atoms with E-state index in [4.69, 9.17) is 0 Å². The van der Waals surface area contributed by atoms with Gasteiger partial charge in [-0.15, -0.1) is 0 Å². The summed E-state index contributed by atoms with van der Waals surface area (Å²) < 4.78 is 25.0. The number of amides is 3. The van der Waals surface area contributed by atoms with Crippen LogP contribution < -0.4 is 4.72 Å². The molecule has 0 unspecified atom stereocenters. The van der Waals surface area contributed by atoms with E-state index >= 15 is 0 Å². The summed E-state index contributed by atoms with van der Waals surface area (Å²) in [5.74, 6) is -1.22. The van der Waals surface area contributed by atoms with E-state index in [1.165, 1.54) is 0 Å². The highest BCUT2D eigenvalue weighted by Gasteiger charge is 2.37. The third-order valence-electron chi connectivity index (χ3n) is 4.40. The lowest BCUT2D eigenvalue weighted by atomic mass is 10.1. The van der Waals surface area contributed by atoms with Gasteiger partial charge in [-0.1, -0.05) is 12.1 Å². The van der Waals surface area contributed by atoms with Crippen molar-refractivity contribution in [3.8, 4) is 0 Å². The predicted molar refractivity (Wildman–Crippen MR) is 89.4 cm³/mol. The van der Waals surface area contributed by atoms with Crippen molar-refractivity contribution in [2.75, 3.05) is 25.9 Å². The van der Waals surface area contributed by atoms with E-state index in [2.05, 4.69) is 4.72 Å². The van der Waals surface area contributed by atoms with E-state index in [1.807, 2.05) is 0 Å². The molecule has 0 bridgehead atoms. The molecule has 25 heavy (non-hydrogen) atoms. The number of carbonyl (C=O) groups excluding carboxylic acids is 3. The highest BCUT2D eigenvalue weighted by atomic mass is 32.2. The number of fused-ring (bicyclic) bond motifs is 1. The molecule has 2 aliphatic heterocycles. The fourth-order valence-corrected chi connectivity index (χ4v) is 4.01. The molecule has 1 saturated heterocycles. The number of hydrogen-bond donors (Lipinski definition) is 1. The molecule has 1 fully saturated rings. The van der Waals surface area contributed by atoms with Crippen LogP contribution in [0.5, 0.6) is 0 Å². The molecule has 0 radical (unpaired) electrons. The third kappa shape index (κ3) is 3.72. The molecule has 0 aliphatic carbocycles. The lowest BCUT2D eigenvalue weighted by molar-refractivity contribution is -0.132. The molecule has 0 aromatic heterocycles. The van der Waals surface area contributed by atoms with Crippen molar-refractivity contribution in [2.45, 2.75) is 18.9 Å². The van der Waals surface area contributed by atoms with Gasteiger partial charge >= 0.3 is 0 Å². The second kappa shape index (κ2) is 6.57. The molecule has 3 amide bonds. The topological polar surface area (TPSA) is 104 Å². The van der Waals surface area contributed by atoms with Crippen LogP contribution in [0.1, 0.15) is 33.6 Å². The van der Waals surface area contributed by atoms with Crippen molar-refractivity contribution >= 4 is 27.7 Å². The van der Waals surface area contributed by atoms with Gasteiger partial charge in [0, 0.05) is 19.1 Å². The van der Waals surface area contributed by atoms with Crippen LogP contribution >= 0.6 is 0 Å². The molecule has 8 nitrogen and oxygen atoms in total.